The molecule has 0 aromatic carbocycles. The third-order valence-electron chi connectivity index (χ3n) is 4.75. The Hall–Kier alpha value is -0.850. The highest BCUT2D eigenvalue weighted by Gasteiger charge is 2.33. The SMILES string of the molecule is CCC1CCCN(S(=O)(=O)c2cc(CN)n(C3CC3)c2)C1. The fourth-order valence-corrected chi connectivity index (χ4v) is 4.83. The number of hydrogen-bond donors (Lipinski definition) is 1. The first-order chi connectivity index (χ1) is 10.1. The van der Waals surface area contributed by atoms with Gasteiger partial charge in [-0.25, -0.2) is 8.42 Å². The van der Waals surface area contributed by atoms with Gasteiger partial charge in [-0.15, -0.1) is 0 Å². The lowest BCUT2D eigenvalue weighted by atomic mass is 9.97. The molecule has 2 fully saturated rings. The zero-order valence-electron chi connectivity index (χ0n) is 12.7. The molecule has 5 nitrogen and oxygen atoms in total. The molecule has 3 rings (SSSR count). The van der Waals surface area contributed by atoms with E-state index in [1.165, 1.54) is 0 Å². The molecular weight excluding hydrogens is 286 g/mol. The third-order valence-corrected chi connectivity index (χ3v) is 6.58. The Morgan fingerprint density at radius 2 is 2.10 bits per heavy atom. The molecule has 0 bridgehead atoms. The first-order valence-electron chi connectivity index (χ1n) is 7.97. The molecule has 1 aromatic heterocycles. The molecule has 1 saturated carbocycles. The van der Waals surface area contributed by atoms with E-state index in [1.54, 1.807) is 16.6 Å². The average molecular weight is 311 g/mol. The number of sulfonamides is 1. The van der Waals surface area contributed by atoms with Crippen molar-refractivity contribution in [1.29, 1.82) is 0 Å². The molecule has 21 heavy (non-hydrogen) atoms. The molecule has 2 N–H and O–H groups in total. The molecule has 118 valence electrons. The summed E-state index contributed by atoms with van der Waals surface area (Å²) < 4.78 is 29.4. The van der Waals surface area contributed by atoms with Crippen molar-refractivity contribution in [3.05, 3.63) is 18.0 Å². The van der Waals surface area contributed by atoms with E-state index >= 15 is 0 Å². The van der Waals surface area contributed by atoms with Crippen LogP contribution in [0.25, 0.3) is 0 Å². The van der Waals surface area contributed by atoms with Crippen LogP contribution in [0.1, 0.15) is 50.8 Å². The van der Waals surface area contributed by atoms with Crippen molar-refractivity contribution in [2.24, 2.45) is 11.7 Å². The summed E-state index contributed by atoms with van der Waals surface area (Å²) in [5, 5.41) is 0. The Balaban J connectivity index is 1.87. The maximum absolute atomic E-state index is 12.8. The second kappa shape index (κ2) is 5.74. The lowest BCUT2D eigenvalue weighted by molar-refractivity contribution is 0.261. The van der Waals surface area contributed by atoms with E-state index in [9.17, 15) is 8.42 Å². The molecule has 1 saturated heterocycles. The smallest absolute Gasteiger partial charge is 0.244 e. The van der Waals surface area contributed by atoms with E-state index in [4.69, 9.17) is 5.73 Å². The third kappa shape index (κ3) is 2.89. The van der Waals surface area contributed by atoms with Crippen LogP contribution in [0.4, 0.5) is 0 Å². The summed E-state index contributed by atoms with van der Waals surface area (Å²) in [5.41, 5.74) is 6.70. The molecule has 1 aliphatic heterocycles. The predicted octanol–water partition coefficient (Wildman–Crippen LogP) is 2.09. The summed E-state index contributed by atoms with van der Waals surface area (Å²) in [6.07, 6.45) is 7.20. The first-order valence-corrected chi connectivity index (χ1v) is 9.41. The minimum absolute atomic E-state index is 0.392. The quantitative estimate of drug-likeness (QED) is 0.905. The summed E-state index contributed by atoms with van der Waals surface area (Å²) in [6, 6.07) is 2.22. The predicted molar refractivity (Wildman–Crippen MR) is 82.4 cm³/mol. The Morgan fingerprint density at radius 1 is 1.33 bits per heavy atom. The molecule has 2 heterocycles. The maximum Gasteiger partial charge on any atom is 0.244 e. The van der Waals surface area contributed by atoms with Crippen LogP contribution >= 0.6 is 0 Å². The van der Waals surface area contributed by atoms with Gasteiger partial charge in [0.2, 0.25) is 10.0 Å². The molecule has 6 heteroatoms. The van der Waals surface area contributed by atoms with Gasteiger partial charge in [0.1, 0.15) is 4.90 Å². The average Bonchev–Trinajstić information content (AvgIpc) is 3.25. The van der Waals surface area contributed by atoms with Crippen LogP contribution in [0, 0.1) is 5.92 Å². The summed E-state index contributed by atoms with van der Waals surface area (Å²) in [7, 11) is -3.37. The zero-order chi connectivity index (χ0) is 15.0. The van der Waals surface area contributed by atoms with Gasteiger partial charge in [0.25, 0.3) is 0 Å². The van der Waals surface area contributed by atoms with E-state index in [-0.39, 0.29) is 0 Å². The Morgan fingerprint density at radius 3 is 2.71 bits per heavy atom. The molecule has 0 radical (unpaired) electrons. The van der Waals surface area contributed by atoms with Crippen LogP contribution < -0.4 is 5.73 Å². The minimum Gasteiger partial charge on any atom is -0.346 e. The van der Waals surface area contributed by atoms with Crippen LogP contribution in [-0.4, -0.2) is 30.4 Å². The van der Waals surface area contributed by atoms with E-state index in [0.29, 0.717) is 36.5 Å². The van der Waals surface area contributed by atoms with E-state index < -0.39 is 10.0 Å². The standard InChI is InChI=1S/C15H25N3O2S/c1-2-12-4-3-7-17(10-12)21(19,20)15-8-14(9-16)18(11-15)13-5-6-13/h8,11-13H,2-7,9-10,16H2,1H3. The van der Waals surface area contributed by atoms with Gasteiger partial charge in [-0.3, -0.25) is 0 Å². The van der Waals surface area contributed by atoms with Crippen LogP contribution in [0.15, 0.2) is 17.2 Å². The van der Waals surface area contributed by atoms with Crippen LogP contribution in [0.2, 0.25) is 0 Å². The largest absolute Gasteiger partial charge is 0.346 e. The van der Waals surface area contributed by atoms with Crippen molar-refractivity contribution in [2.45, 2.75) is 56.5 Å². The summed E-state index contributed by atoms with van der Waals surface area (Å²) in [6.45, 7) is 3.83. The van der Waals surface area contributed by atoms with E-state index in [2.05, 4.69) is 11.5 Å². The van der Waals surface area contributed by atoms with Gasteiger partial charge < -0.3 is 10.3 Å². The first kappa shape index (κ1) is 15.1. The Kier molecular flexibility index (Phi) is 4.12. The molecule has 1 atom stereocenters. The maximum atomic E-state index is 12.8. The minimum atomic E-state index is -3.37. The van der Waals surface area contributed by atoms with Gasteiger partial charge in [0.15, 0.2) is 0 Å². The highest BCUT2D eigenvalue weighted by molar-refractivity contribution is 7.89. The van der Waals surface area contributed by atoms with E-state index in [1.807, 2.05) is 0 Å². The number of nitrogens with two attached hydrogens (primary N) is 1. The fraction of sp³-hybridized carbons (Fsp3) is 0.733. The molecule has 0 spiro atoms. The summed E-state index contributed by atoms with van der Waals surface area (Å²) >= 11 is 0. The van der Waals surface area contributed by atoms with Crippen molar-refractivity contribution in [2.75, 3.05) is 13.1 Å². The van der Waals surface area contributed by atoms with Crippen molar-refractivity contribution >= 4 is 10.0 Å². The van der Waals surface area contributed by atoms with Crippen LogP contribution in [0.3, 0.4) is 0 Å². The molecule has 1 aliphatic carbocycles. The van der Waals surface area contributed by atoms with Crippen molar-refractivity contribution in [3.63, 3.8) is 0 Å². The Bertz CT molecular complexity index is 604. The molecule has 1 unspecified atom stereocenters. The molecule has 1 aromatic rings. The monoisotopic (exact) mass is 311 g/mol. The molecular formula is C15H25N3O2S. The number of piperidine rings is 1. The van der Waals surface area contributed by atoms with Gasteiger partial charge >= 0.3 is 0 Å². The topological polar surface area (TPSA) is 68.3 Å². The Labute approximate surface area is 127 Å². The van der Waals surface area contributed by atoms with Crippen molar-refractivity contribution in [1.82, 2.24) is 8.87 Å². The lowest BCUT2D eigenvalue weighted by Gasteiger charge is -2.31. The summed E-state index contributed by atoms with van der Waals surface area (Å²) in [5.74, 6) is 0.494. The van der Waals surface area contributed by atoms with Crippen molar-refractivity contribution < 1.29 is 8.42 Å². The summed E-state index contributed by atoms with van der Waals surface area (Å²) in [4.78, 5) is 0.423. The van der Waals surface area contributed by atoms with Crippen LogP contribution in [0.5, 0.6) is 0 Å². The number of aromatic nitrogens is 1. The normalized spacial score (nSPS) is 24.4. The second-order valence-electron chi connectivity index (χ2n) is 6.29. The zero-order valence-corrected chi connectivity index (χ0v) is 13.5. The van der Waals surface area contributed by atoms with Gasteiger partial charge in [0.05, 0.1) is 0 Å². The second-order valence-corrected chi connectivity index (χ2v) is 8.23. The molecule has 0 amide bonds. The number of nitrogens with zero attached hydrogens (tertiary/aromatic N) is 2. The molecule has 2 aliphatic rings. The van der Waals surface area contributed by atoms with Gasteiger partial charge in [0, 0.05) is 37.6 Å². The highest BCUT2D eigenvalue weighted by Crippen LogP contribution is 2.37. The van der Waals surface area contributed by atoms with Gasteiger partial charge in [-0.05, 0) is 37.7 Å². The van der Waals surface area contributed by atoms with Gasteiger partial charge in [-0.2, -0.15) is 4.31 Å². The van der Waals surface area contributed by atoms with Gasteiger partial charge in [-0.1, -0.05) is 13.3 Å². The number of hydrogen-bond acceptors (Lipinski definition) is 3. The van der Waals surface area contributed by atoms with E-state index in [0.717, 1.165) is 37.8 Å². The van der Waals surface area contributed by atoms with Crippen LogP contribution in [-0.2, 0) is 16.6 Å². The lowest BCUT2D eigenvalue weighted by Crippen LogP contribution is -2.39. The highest BCUT2D eigenvalue weighted by atomic mass is 32.2. The fourth-order valence-electron chi connectivity index (χ4n) is 3.22. The number of rotatable bonds is 5. The van der Waals surface area contributed by atoms with Crippen molar-refractivity contribution in [3.8, 4) is 0 Å².